The fourth-order valence-electron chi connectivity index (χ4n) is 3.71. The van der Waals surface area contributed by atoms with Gasteiger partial charge in [0.15, 0.2) is 0 Å². The Kier molecular flexibility index (Phi) is 7.03. The smallest absolute Gasteiger partial charge is 0.131 e. The molecule has 0 saturated carbocycles. The third-order valence-corrected chi connectivity index (χ3v) is 5.71. The number of benzene rings is 3. The van der Waals surface area contributed by atoms with E-state index in [0.717, 1.165) is 30.4 Å². The molecule has 3 aromatic rings. The molecule has 0 radical (unpaired) electrons. The maximum atomic E-state index is 14.6. The Bertz CT molecular complexity index is 875. The minimum Gasteiger partial charge on any atom is -0.206 e. The predicted molar refractivity (Wildman–Crippen MR) is 118 cm³/mol. The standard InChI is InChI=1S/C27H31F/c1-4-6-7-8-22-11-18-26(27(28)19-22)25-16-14-24(15-17-25)20(3)23-12-9-21(5-2)10-13-23/h9-20H,4-8H2,1-3H3. The largest absolute Gasteiger partial charge is 0.206 e. The van der Waals surface area contributed by atoms with Gasteiger partial charge in [0, 0.05) is 11.5 Å². The maximum absolute atomic E-state index is 14.6. The van der Waals surface area contributed by atoms with Crippen molar-refractivity contribution in [3.05, 3.63) is 94.8 Å². The van der Waals surface area contributed by atoms with E-state index >= 15 is 0 Å². The molecule has 0 heterocycles. The van der Waals surface area contributed by atoms with E-state index in [1.807, 2.05) is 18.2 Å². The van der Waals surface area contributed by atoms with E-state index in [-0.39, 0.29) is 5.82 Å². The molecule has 0 N–H and O–H groups in total. The van der Waals surface area contributed by atoms with Gasteiger partial charge in [-0.3, -0.25) is 0 Å². The lowest BCUT2D eigenvalue weighted by Crippen LogP contribution is -1.97. The molecule has 0 aliphatic heterocycles. The molecule has 3 aromatic carbocycles. The van der Waals surface area contributed by atoms with E-state index in [9.17, 15) is 4.39 Å². The van der Waals surface area contributed by atoms with Gasteiger partial charge in [-0.15, -0.1) is 0 Å². The first-order valence-electron chi connectivity index (χ1n) is 10.6. The number of halogens is 1. The summed E-state index contributed by atoms with van der Waals surface area (Å²) in [6.07, 6.45) is 5.53. The molecule has 0 aliphatic carbocycles. The summed E-state index contributed by atoms with van der Waals surface area (Å²) < 4.78 is 14.6. The van der Waals surface area contributed by atoms with Crippen LogP contribution in [-0.4, -0.2) is 0 Å². The fraction of sp³-hybridized carbons (Fsp3) is 0.333. The first-order valence-corrected chi connectivity index (χ1v) is 10.6. The molecule has 0 aliphatic rings. The second-order valence-corrected chi connectivity index (χ2v) is 7.71. The van der Waals surface area contributed by atoms with Crippen molar-refractivity contribution in [2.75, 3.05) is 0 Å². The molecule has 1 heteroatoms. The predicted octanol–water partition coefficient (Wildman–Crippen LogP) is 7.94. The quantitative estimate of drug-likeness (QED) is 0.351. The van der Waals surface area contributed by atoms with Gasteiger partial charge in [-0.05, 0) is 53.1 Å². The van der Waals surface area contributed by atoms with Crippen LogP contribution in [0.25, 0.3) is 11.1 Å². The van der Waals surface area contributed by atoms with Crippen molar-refractivity contribution in [1.82, 2.24) is 0 Å². The summed E-state index contributed by atoms with van der Waals surface area (Å²) in [5, 5.41) is 0. The van der Waals surface area contributed by atoms with E-state index in [4.69, 9.17) is 0 Å². The van der Waals surface area contributed by atoms with Gasteiger partial charge in [-0.1, -0.05) is 94.3 Å². The van der Waals surface area contributed by atoms with Gasteiger partial charge in [-0.2, -0.15) is 0 Å². The summed E-state index contributed by atoms with van der Waals surface area (Å²) in [6.45, 7) is 6.59. The second kappa shape index (κ2) is 9.68. The van der Waals surface area contributed by atoms with Crippen molar-refractivity contribution in [1.29, 1.82) is 0 Å². The Morgan fingerprint density at radius 3 is 1.93 bits per heavy atom. The van der Waals surface area contributed by atoms with Crippen LogP contribution in [0.1, 0.15) is 68.2 Å². The van der Waals surface area contributed by atoms with Crippen molar-refractivity contribution < 1.29 is 4.39 Å². The highest BCUT2D eigenvalue weighted by molar-refractivity contribution is 5.65. The summed E-state index contributed by atoms with van der Waals surface area (Å²) in [7, 11) is 0. The third-order valence-electron chi connectivity index (χ3n) is 5.71. The van der Waals surface area contributed by atoms with Crippen LogP contribution >= 0.6 is 0 Å². The molecule has 0 spiro atoms. The minimum atomic E-state index is -0.120. The molecule has 1 unspecified atom stereocenters. The van der Waals surface area contributed by atoms with Gasteiger partial charge < -0.3 is 0 Å². The number of hydrogen-bond donors (Lipinski definition) is 0. The first-order chi connectivity index (χ1) is 13.6. The van der Waals surface area contributed by atoms with E-state index in [1.54, 1.807) is 6.07 Å². The van der Waals surface area contributed by atoms with Crippen LogP contribution in [0, 0.1) is 5.82 Å². The van der Waals surface area contributed by atoms with Crippen molar-refractivity contribution in [2.45, 2.75) is 58.8 Å². The van der Waals surface area contributed by atoms with E-state index in [0.29, 0.717) is 11.5 Å². The summed E-state index contributed by atoms with van der Waals surface area (Å²) in [5.41, 5.74) is 6.65. The fourth-order valence-corrected chi connectivity index (χ4v) is 3.71. The Balaban J connectivity index is 1.74. The SMILES string of the molecule is CCCCCc1ccc(-c2ccc(C(C)c3ccc(CC)cc3)cc2)c(F)c1. The zero-order valence-electron chi connectivity index (χ0n) is 17.3. The number of hydrogen-bond acceptors (Lipinski definition) is 0. The van der Waals surface area contributed by atoms with E-state index < -0.39 is 0 Å². The van der Waals surface area contributed by atoms with Gasteiger partial charge >= 0.3 is 0 Å². The van der Waals surface area contributed by atoms with Gasteiger partial charge in [0.2, 0.25) is 0 Å². The van der Waals surface area contributed by atoms with Crippen LogP contribution in [-0.2, 0) is 12.8 Å². The topological polar surface area (TPSA) is 0 Å². The molecule has 1 atom stereocenters. The van der Waals surface area contributed by atoms with E-state index in [2.05, 4.69) is 63.2 Å². The van der Waals surface area contributed by atoms with Gasteiger partial charge in [0.25, 0.3) is 0 Å². The molecular formula is C27H31F. The Labute approximate surface area is 169 Å². The lowest BCUT2D eigenvalue weighted by atomic mass is 9.91. The molecule has 3 rings (SSSR count). The van der Waals surface area contributed by atoms with Crippen molar-refractivity contribution in [2.24, 2.45) is 0 Å². The highest BCUT2D eigenvalue weighted by Crippen LogP contribution is 2.29. The lowest BCUT2D eigenvalue weighted by molar-refractivity contribution is 0.626. The molecule has 0 amide bonds. The zero-order valence-corrected chi connectivity index (χ0v) is 17.3. The normalized spacial score (nSPS) is 12.1. The average molecular weight is 375 g/mol. The molecule has 28 heavy (non-hydrogen) atoms. The molecular weight excluding hydrogens is 343 g/mol. The number of aryl methyl sites for hydroxylation is 2. The van der Waals surface area contributed by atoms with Crippen LogP contribution in [0.3, 0.4) is 0 Å². The van der Waals surface area contributed by atoms with Crippen LogP contribution in [0.15, 0.2) is 66.7 Å². The average Bonchev–Trinajstić information content (AvgIpc) is 2.74. The van der Waals surface area contributed by atoms with Crippen molar-refractivity contribution >= 4 is 0 Å². The van der Waals surface area contributed by atoms with Crippen LogP contribution in [0.4, 0.5) is 4.39 Å². The van der Waals surface area contributed by atoms with Gasteiger partial charge in [-0.25, -0.2) is 4.39 Å². The van der Waals surface area contributed by atoms with Crippen LogP contribution < -0.4 is 0 Å². The summed E-state index contributed by atoms with van der Waals surface area (Å²) in [5.74, 6) is 0.204. The molecule has 0 fully saturated rings. The molecule has 0 bridgehead atoms. The molecule has 146 valence electrons. The summed E-state index contributed by atoms with van der Waals surface area (Å²) in [4.78, 5) is 0. The van der Waals surface area contributed by atoms with Gasteiger partial charge in [0.05, 0.1) is 0 Å². The number of rotatable bonds is 8. The monoisotopic (exact) mass is 374 g/mol. The first kappa shape index (κ1) is 20.3. The Hall–Kier alpha value is -2.41. The second-order valence-electron chi connectivity index (χ2n) is 7.71. The third kappa shape index (κ3) is 4.90. The molecule has 0 nitrogen and oxygen atoms in total. The van der Waals surface area contributed by atoms with Crippen LogP contribution in [0.2, 0.25) is 0 Å². The minimum absolute atomic E-state index is 0.120. The summed E-state index contributed by atoms with van der Waals surface area (Å²) in [6, 6.07) is 22.9. The van der Waals surface area contributed by atoms with Crippen molar-refractivity contribution in [3.8, 4) is 11.1 Å². The lowest BCUT2D eigenvalue weighted by Gasteiger charge is -2.14. The molecule has 0 saturated heterocycles. The zero-order chi connectivity index (χ0) is 19.9. The van der Waals surface area contributed by atoms with Crippen molar-refractivity contribution in [3.63, 3.8) is 0 Å². The highest BCUT2D eigenvalue weighted by atomic mass is 19.1. The molecule has 0 aromatic heterocycles. The maximum Gasteiger partial charge on any atom is 0.131 e. The van der Waals surface area contributed by atoms with Gasteiger partial charge in [0.1, 0.15) is 5.82 Å². The Morgan fingerprint density at radius 1 is 0.750 bits per heavy atom. The highest BCUT2D eigenvalue weighted by Gasteiger charge is 2.11. The Morgan fingerprint density at radius 2 is 1.36 bits per heavy atom. The van der Waals surface area contributed by atoms with E-state index in [1.165, 1.54) is 29.5 Å². The summed E-state index contributed by atoms with van der Waals surface area (Å²) >= 11 is 0. The van der Waals surface area contributed by atoms with Crippen LogP contribution in [0.5, 0.6) is 0 Å². The number of unbranched alkanes of at least 4 members (excludes halogenated alkanes) is 2.